The summed E-state index contributed by atoms with van der Waals surface area (Å²) in [7, 11) is 0. The van der Waals surface area contributed by atoms with Crippen molar-refractivity contribution in [2.75, 3.05) is 0 Å². The van der Waals surface area contributed by atoms with Gasteiger partial charge in [-0.1, -0.05) is 11.6 Å². The Labute approximate surface area is 63.1 Å². The molecule has 0 amide bonds. The average molecular weight is 140 g/mol. The zero-order valence-electron chi connectivity index (χ0n) is 6.64. The molecule has 0 aromatic heterocycles. The molecule has 1 N–H and O–H groups in total. The maximum absolute atomic E-state index is 9.19. The van der Waals surface area contributed by atoms with Crippen LogP contribution in [0.2, 0.25) is 0 Å². The highest BCUT2D eigenvalue weighted by atomic mass is 16.3. The highest BCUT2D eigenvalue weighted by Gasteiger charge is 1.99. The molecule has 10 heavy (non-hydrogen) atoms. The molecule has 1 unspecified atom stereocenters. The van der Waals surface area contributed by atoms with E-state index in [2.05, 4.69) is 13.2 Å². The van der Waals surface area contributed by atoms with Crippen LogP contribution in [0, 0.1) is 0 Å². The number of aliphatic hydroxyl groups is 1. The molecule has 0 rings (SSSR count). The highest BCUT2D eigenvalue weighted by molar-refractivity contribution is 4.88. The minimum atomic E-state index is -0.228. The number of rotatable bonds is 5. The van der Waals surface area contributed by atoms with E-state index in [1.54, 1.807) is 6.08 Å². The van der Waals surface area contributed by atoms with E-state index < -0.39 is 0 Å². The summed E-state index contributed by atoms with van der Waals surface area (Å²) in [6.45, 7) is 9.27. The van der Waals surface area contributed by atoms with Crippen LogP contribution in [-0.2, 0) is 0 Å². The lowest BCUT2D eigenvalue weighted by molar-refractivity contribution is 0.168. The quantitative estimate of drug-likeness (QED) is 0.581. The first-order valence-electron chi connectivity index (χ1n) is 3.60. The lowest BCUT2D eigenvalue weighted by Crippen LogP contribution is -2.03. The largest absolute Gasteiger partial charge is 0.393 e. The monoisotopic (exact) mass is 140 g/mol. The standard InChI is InChI=1S/C9H16O/c1-4-5-9(10)7-6-8(2)3/h4,9-10H,1-2,5-7H2,3H3. The summed E-state index contributed by atoms with van der Waals surface area (Å²) in [5.74, 6) is 0. The molecule has 1 atom stereocenters. The van der Waals surface area contributed by atoms with Crippen molar-refractivity contribution in [3.05, 3.63) is 24.8 Å². The third-order valence-corrected chi connectivity index (χ3v) is 1.34. The Morgan fingerprint density at radius 2 is 2.30 bits per heavy atom. The average Bonchev–Trinajstić information content (AvgIpc) is 1.85. The van der Waals surface area contributed by atoms with E-state index in [1.165, 1.54) is 0 Å². The summed E-state index contributed by atoms with van der Waals surface area (Å²) < 4.78 is 0. The van der Waals surface area contributed by atoms with Crippen molar-refractivity contribution in [3.63, 3.8) is 0 Å². The third kappa shape index (κ3) is 5.57. The normalized spacial score (nSPS) is 12.6. The molecule has 0 radical (unpaired) electrons. The highest BCUT2D eigenvalue weighted by Crippen LogP contribution is 2.06. The molecule has 58 valence electrons. The van der Waals surface area contributed by atoms with Gasteiger partial charge < -0.3 is 5.11 Å². The van der Waals surface area contributed by atoms with Crippen LogP contribution in [0.25, 0.3) is 0 Å². The van der Waals surface area contributed by atoms with E-state index in [4.69, 9.17) is 0 Å². The SMILES string of the molecule is C=CCC(O)CCC(=C)C. The first kappa shape index (κ1) is 9.44. The van der Waals surface area contributed by atoms with E-state index in [0.717, 1.165) is 18.4 Å². The van der Waals surface area contributed by atoms with Gasteiger partial charge in [-0.2, -0.15) is 0 Å². The molecule has 0 aliphatic carbocycles. The van der Waals surface area contributed by atoms with Gasteiger partial charge in [-0.25, -0.2) is 0 Å². The topological polar surface area (TPSA) is 20.2 Å². The maximum Gasteiger partial charge on any atom is 0.0577 e. The van der Waals surface area contributed by atoms with Crippen molar-refractivity contribution in [1.82, 2.24) is 0 Å². The summed E-state index contributed by atoms with van der Waals surface area (Å²) in [6, 6.07) is 0. The van der Waals surface area contributed by atoms with E-state index in [1.807, 2.05) is 6.92 Å². The first-order chi connectivity index (χ1) is 4.66. The Hall–Kier alpha value is -0.560. The van der Waals surface area contributed by atoms with E-state index in [9.17, 15) is 5.11 Å². The van der Waals surface area contributed by atoms with Crippen molar-refractivity contribution in [1.29, 1.82) is 0 Å². The zero-order chi connectivity index (χ0) is 7.98. The van der Waals surface area contributed by atoms with Gasteiger partial charge in [-0.3, -0.25) is 0 Å². The molecule has 0 fully saturated rings. The minimum absolute atomic E-state index is 0.228. The van der Waals surface area contributed by atoms with Gasteiger partial charge in [0.05, 0.1) is 6.10 Å². The van der Waals surface area contributed by atoms with Gasteiger partial charge in [0.15, 0.2) is 0 Å². The Morgan fingerprint density at radius 3 is 2.70 bits per heavy atom. The van der Waals surface area contributed by atoms with Crippen molar-refractivity contribution < 1.29 is 5.11 Å². The predicted molar refractivity (Wildman–Crippen MR) is 44.9 cm³/mol. The fraction of sp³-hybridized carbons (Fsp3) is 0.556. The lowest BCUT2D eigenvalue weighted by atomic mass is 10.1. The van der Waals surface area contributed by atoms with Crippen molar-refractivity contribution >= 4 is 0 Å². The van der Waals surface area contributed by atoms with E-state index >= 15 is 0 Å². The fourth-order valence-electron chi connectivity index (χ4n) is 0.723. The molecule has 0 aliphatic heterocycles. The fourth-order valence-corrected chi connectivity index (χ4v) is 0.723. The van der Waals surface area contributed by atoms with Crippen LogP contribution in [0.15, 0.2) is 24.8 Å². The predicted octanol–water partition coefficient (Wildman–Crippen LogP) is 2.28. The van der Waals surface area contributed by atoms with Crippen LogP contribution in [0.4, 0.5) is 0 Å². The van der Waals surface area contributed by atoms with Crippen LogP contribution in [-0.4, -0.2) is 11.2 Å². The van der Waals surface area contributed by atoms with Crippen LogP contribution in [0.3, 0.4) is 0 Å². The van der Waals surface area contributed by atoms with Crippen molar-refractivity contribution in [3.8, 4) is 0 Å². The first-order valence-corrected chi connectivity index (χ1v) is 3.60. The van der Waals surface area contributed by atoms with Crippen LogP contribution >= 0.6 is 0 Å². The summed E-state index contributed by atoms with van der Waals surface area (Å²) in [4.78, 5) is 0. The molecule has 0 bridgehead atoms. The molecule has 0 saturated carbocycles. The Bertz CT molecular complexity index is 116. The van der Waals surface area contributed by atoms with E-state index in [-0.39, 0.29) is 6.10 Å². The van der Waals surface area contributed by atoms with Crippen LogP contribution in [0.1, 0.15) is 26.2 Å². The van der Waals surface area contributed by atoms with Gasteiger partial charge >= 0.3 is 0 Å². The molecule has 1 heteroatoms. The van der Waals surface area contributed by atoms with Gasteiger partial charge in [0, 0.05) is 0 Å². The Balaban J connectivity index is 3.29. The zero-order valence-corrected chi connectivity index (χ0v) is 6.64. The number of aliphatic hydroxyl groups excluding tert-OH is 1. The molecule has 0 heterocycles. The molecule has 0 aromatic carbocycles. The lowest BCUT2D eigenvalue weighted by Gasteiger charge is -2.06. The van der Waals surface area contributed by atoms with Gasteiger partial charge in [0.1, 0.15) is 0 Å². The third-order valence-electron chi connectivity index (χ3n) is 1.34. The van der Waals surface area contributed by atoms with Crippen LogP contribution in [0.5, 0.6) is 0 Å². The molecule has 0 saturated heterocycles. The number of hydrogen-bond acceptors (Lipinski definition) is 1. The summed E-state index contributed by atoms with van der Waals surface area (Å²) in [6.07, 6.45) is 3.92. The van der Waals surface area contributed by atoms with Gasteiger partial charge in [0.2, 0.25) is 0 Å². The van der Waals surface area contributed by atoms with Crippen molar-refractivity contribution in [2.24, 2.45) is 0 Å². The summed E-state index contributed by atoms with van der Waals surface area (Å²) in [5, 5.41) is 9.19. The summed E-state index contributed by atoms with van der Waals surface area (Å²) in [5.41, 5.74) is 1.13. The summed E-state index contributed by atoms with van der Waals surface area (Å²) >= 11 is 0. The molecular formula is C9H16O. The Morgan fingerprint density at radius 1 is 1.70 bits per heavy atom. The van der Waals surface area contributed by atoms with Crippen LogP contribution < -0.4 is 0 Å². The smallest absolute Gasteiger partial charge is 0.0577 e. The molecule has 1 nitrogen and oxygen atoms in total. The molecular weight excluding hydrogens is 124 g/mol. The number of hydrogen-bond donors (Lipinski definition) is 1. The van der Waals surface area contributed by atoms with Crippen molar-refractivity contribution in [2.45, 2.75) is 32.3 Å². The Kier molecular flexibility index (Phi) is 4.95. The minimum Gasteiger partial charge on any atom is -0.393 e. The van der Waals surface area contributed by atoms with Gasteiger partial charge in [-0.05, 0) is 26.2 Å². The second-order valence-corrected chi connectivity index (χ2v) is 2.67. The molecule has 0 aromatic rings. The second-order valence-electron chi connectivity index (χ2n) is 2.67. The second kappa shape index (κ2) is 5.24. The molecule has 0 aliphatic rings. The maximum atomic E-state index is 9.19. The van der Waals surface area contributed by atoms with E-state index in [0.29, 0.717) is 6.42 Å². The van der Waals surface area contributed by atoms with Gasteiger partial charge in [-0.15, -0.1) is 13.2 Å². The number of allylic oxidation sites excluding steroid dienone is 1. The van der Waals surface area contributed by atoms with Gasteiger partial charge in [0.25, 0.3) is 0 Å². The molecule has 0 spiro atoms.